The van der Waals surface area contributed by atoms with E-state index in [9.17, 15) is 0 Å². The van der Waals surface area contributed by atoms with Crippen molar-refractivity contribution < 1.29 is 0 Å². The van der Waals surface area contributed by atoms with E-state index in [4.69, 9.17) is 0 Å². The lowest BCUT2D eigenvalue weighted by molar-refractivity contribution is 0.768. The minimum atomic E-state index is -0.525. The van der Waals surface area contributed by atoms with Crippen LogP contribution in [-0.2, 0) is 5.41 Å². The van der Waals surface area contributed by atoms with E-state index < -0.39 is 5.41 Å². The molecule has 10 aromatic carbocycles. The Balaban J connectivity index is 1.10. The van der Waals surface area contributed by atoms with Crippen LogP contribution in [0.25, 0.3) is 64.7 Å². The summed E-state index contributed by atoms with van der Waals surface area (Å²) >= 11 is 1.88. The number of para-hydroxylation sites is 1. The van der Waals surface area contributed by atoms with Gasteiger partial charge in [0.2, 0.25) is 0 Å². The van der Waals surface area contributed by atoms with Crippen molar-refractivity contribution >= 4 is 48.6 Å². The Morgan fingerprint density at radius 2 is 0.841 bits per heavy atom. The molecule has 1 heterocycles. The maximum Gasteiger partial charge on any atom is 0.0714 e. The fraction of sp³-hybridized carbons (Fsp3) is 0.0164. The van der Waals surface area contributed by atoms with Gasteiger partial charge in [0.1, 0.15) is 0 Å². The molecule has 0 fully saturated rings. The fourth-order valence-corrected chi connectivity index (χ4v) is 11.5. The molecule has 0 bridgehead atoms. The SMILES string of the molecule is c1ccc(-c2ccccc2-c2ccccc2N(c2ccc(-c3cccc4c3sc3ccccc34)cc2)c2ccc3c(c2)C(c2ccccc2)(c2ccccc2)c2ccccc2-3)cc1. The average Bonchev–Trinajstić information content (AvgIpc) is 3.89. The molecule has 1 nitrogen and oxygen atoms in total. The second-order valence-corrected chi connectivity index (χ2v) is 17.4. The molecular formula is C61H41NS. The predicted octanol–water partition coefficient (Wildman–Crippen LogP) is 16.9. The van der Waals surface area contributed by atoms with E-state index >= 15 is 0 Å². The summed E-state index contributed by atoms with van der Waals surface area (Å²) in [7, 11) is 0. The molecule has 0 atom stereocenters. The Morgan fingerprint density at radius 1 is 0.317 bits per heavy atom. The van der Waals surface area contributed by atoms with Gasteiger partial charge in [0.25, 0.3) is 0 Å². The minimum absolute atomic E-state index is 0.525. The molecule has 12 rings (SSSR count). The van der Waals surface area contributed by atoms with Gasteiger partial charge < -0.3 is 4.90 Å². The van der Waals surface area contributed by atoms with Crippen molar-refractivity contribution in [2.24, 2.45) is 0 Å². The van der Waals surface area contributed by atoms with Crippen LogP contribution in [0.2, 0.25) is 0 Å². The van der Waals surface area contributed by atoms with Gasteiger partial charge in [-0.1, -0.05) is 212 Å². The maximum absolute atomic E-state index is 2.48. The number of hydrogen-bond donors (Lipinski definition) is 0. The summed E-state index contributed by atoms with van der Waals surface area (Å²) in [5.41, 5.74) is 17.6. The Morgan fingerprint density at radius 3 is 1.59 bits per heavy atom. The third-order valence-corrected chi connectivity index (χ3v) is 14.2. The molecule has 63 heavy (non-hydrogen) atoms. The molecule has 0 aliphatic heterocycles. The highest BCUT2D eigenvalue weighted by Crippen LogP contribution is 2.57. The van der Waals surface area contributed by atoms with Crippen molar-refractivity contribution in [1.29, 1.82) is 0 Å². The monoisotopic (exact) mass is 819 g/mol. The van der Waals surface area contributed by atoms with Crippen LogP contribution in [0, 0.1) is 0 Å². The smallest absolute Gasteiger partial charge is 0.0714 e. The fourth-order valence-electron chi connectivity index (χ4n) is 10.2. The first-order chi connectivity index (χ1) is 31.3. The Kier molecular flexibility index (Phi) is 8.98. The largest absolute Gasteiger partial charge is 0.310 e. The van der Waals surface area contributed by atoms with Crippen LogP contribution < -0.4 is 4.90 Å². The number of fused-ring (bicyclic) bond motifs is 6. The summed E-state index contributed by atoms with van der Waals surface area (Å²) < 4.78 is 2.64. The highest BCUT2D eigenvalue weighted by Gasteiger charge is 2.46. The quantitative estimate of drug-likeness (QED) is 0.148. The summed E-state index contributed by atoms with van der Waals surface area (Å²) in [4.78, 5) is 2.48. The summed E-state index contributed by atoms with van der Waals surface area (Å²) in [5, 5.41) is 2.62. The number of benzene rings is 10. The van der Waals surface area contributed by atoms with Gasteiger partial charge >= 0.3 is 0 Å². The van der Waals surface area contributed by atoms with Crippen molar-refractivity contribution in [3.63, 3.8) is 0 Å². The molecule has 296 valence electrons. The first kappa shape index (κ1) is 37.0. The molecule has 0 spiro atoms. The molecule has 11 aromatic rings. The number of anilines is 3. The second kappa shape index (κ2) is 15.3. The maximum atomic E-state index is 2.48. The van der Waals surface area contributed by atoms with Crippen LogP contribution >= 0.6 is 11.3 Å². The van der Waals surface area contributed by atoms with Crippen LogP contribution in [-0.4, -0.2) is 0 Å². The van der Waals surface area contributed by atoms with E-state index in [1.165, 1.54) is 81.4 Å². The van der Waals surface area contributed by atoms with Gasteiger partial charge in [-0.2, -0.15) is 0 Å². The second-order valence-electron chi connectivity index (χ2n) is 16.3. The first-order valence-electron chi connectivity index (χ1n) is 21.7. The Labute approximate surface area is 372 Å². The molecule has 1 aromatic heterocycles. The lowest BCUT2D eigenvalue weighted by atomic mass is 9.67. The normalized spacial score (nSPS) is 12.6. The third kappa shape index (κ3) is 5.98. The summed E-state index contributed by atoms with van der Waals surface area (Å²) in [6.07, 6.45) is 0. The van der Waals surface area contributed by atoms with Gasteiger partial charge in [-0.05, 0) is 97.6 Å². The van der Waals surface area contributed by atoms with Crippen LogP contribution in [0.3, 0.4) is 0 Å². The number of thiophene rings is 1. The van der Waals surface area contributed by atoms with E-state index in [0.29, 0.717) is 0 Å². The number of hydrogen-bond acceptors (Lipinski definition) is 2. The Hall–Kier alpha value is -7.78. The van der Waals surface area contributed by atoms with Crippen molar-refractivity contribution in [3.05, 3.63) is 271 Å². The molecule has 0 unspecified atom stereocenters. The zero-order valence-electron chi connectivity index (χ0n) is 34.5. The minimum Gasteiger partial charge on any atom is -0.310 e. The standard InChI is InChI=1S/C61H41NS/c1-4-19-42(20-5-1)48-25-10-11-26-50(48)53-28-13-16-33-58(53)62(46-37-35-43(36-38-46)49-30-18-31-55-54-29-14-17-34-59(54)63-60(49)55)47-39-40-52-51-27-12-15-32-56(51)61(57(52)41-47,44-21-6-2-7-22-44)45-23-8-3-9-24-45/h1-41H. The van der Waals surface area contributed by atoms with Crippen LogP contribution in [0.5, 0.6) is 0 Å². The molecule has 0 amide bonds. The average molecular weight is 820 g/mol. The topological polar surface area (TPSA) is 3.24 Å². The molecule has 1 aliphatic rings. The zero-order chi connectivity index (χ0) is 41.7. The molecule has 0 saturated carbocycles. The first-order valence-corrected chi connectivity index (χ1v) is 22.5. The predicted molar refractivity (Wildman–Crippen MR) is 268 cm³/mol. The molecule has 0 radical (unpaired) electrons. The van der Waals surface area contributed by atoms with Gasteiger partial charge in [-0.15, -0.1) is 11.3 Å². The summed E-state index contributed by atoms with van der Waals surface area (Å²) in [5.74, 6) is 0. The summed E-state index contributed by atoms with van der Waals surface area (Å²) in [6, 6.07) is 91.5. The van der Waals surface area contributed by atoms with Crippen LogP contribution in [0.15, 0.2) is 249 Å². The van der Waals surface area contributed by atoms with E-state index in [0.717, 1.165) is 22.6 Å². The van der Waals surface area contributed by atoms with Gasteiger partial charge in [-0.25, -0.2) is 0 Å². The van der Waals surface area contributed by atoms with E-state index in [-0.39, 0.29) is 0 Å². The van der Waals surface area contributed by atoms with Crippen LogP contribution in [0.4, 0.5) is 17.1 Å². The Bertz CT molecular complexity index is 3400. The van der Waals surface area contributed by atoms with Gasteiger partial charge in [0, 0.05) is 37.1 Å². The zero-order valence-corrected chi connectivity index (χ0v) is 35.3. The third-order valence-electron chi connectivity index (χ3n) is 13.0. The highest BCUT2D eigenvalue weighted by molar-refractivity contribution is 7.26. The lowest BCUT2D eigenvalue weighted by Gasteiger charge is -2.35. The van der Waals surface area contributed by atoms with Gasteiger partial charge in [-0.3, -0.25) is 0 Å². The van der Waals surface area contributed by atoms with Crippen molar-refractivity contribution in [3.8, 4) is 44.5 Å². The molecule has 0 saturated heterocycles. The van der Waals surface area contributed by atoms with Crippen molar-refractivity contribution in [2.45, 2.75) is 5.41 Å². The molecule has 0 N–H and O–H groups in total. The van der Waals surface area contributed by atoms with Gasteiger partial charge in [0.05, 0.1) is 11.1 Å². The van der Waals surface area contributed by atoms with Crippen LogP contribution in [0.1, 0.15) is 22.3 Å². The molecular weight excluding hydrogens is 779 g/mol. The lowest BCUT2D eigenvalue weighted by Crippen LogP contribution is -2.28. The highest BCUT2D eigenvalue weighted by atomic mass is 32.1. The van der Waals surface area contributed by atoms with Crippen molar-refractivity contribution in [2.75, 3.05) is 4.90 Å². The molecule has 1 aliphatic carbocycles. The summed E-state index contributed by atoms with van der Waals surface area (Å²) in [6.45, 7) is 0. The van der Waals surface area contributed by atoms with E-state index in [2.05, 4.69) is 254 Å². The van der Waals surface area contributed by atoms with Crippen molar-refractivity contribution in [1.82, 2.24) is 0 Å². The number of rotatable bonds is 8. The molecule has 2 heteroatoms. The number of nitrogens with zero attached hydrogens (tertiary/aromatic N) is 1. The van der Waals surface area contributed by atoms with Gasteiger partial charge in [0.15, 0.2) is 0 Å². The van der Waals surface area contributed by atoms with E-state index in [1.807, 2.05) is 11.3 Å². The van der Waals surface area contributed by atoms with E-state index in [1.54, 1.807) is 0 Å².